The summed E-state index contributed by atoms with van der Waals surface area (Å²) < 4.78 is 0. The Morgan fingerprint density at radius 2 is 2.12 bits per heavy atom. The lowest BCUT2D eigenvalue weighted by molar-refractivity contribution is 0.0957. The molecule has 16 heavy (non-hydrogen) atoms. The Morgan fingerprint density at radius 3 is 2.75 bits per heavy atom. The zero-order chi connectivity index (χ0) is 11.8. The van der Waals surface area contributed by atoms with Gasteiger partial charge in [-0.2, -0.15) is 0 Å². The highest BCUT2D eigenvalue weighted by Gasteiger charge is 2.03. The van der Waals surface area contributed by atoms with Crippen LogP contribution in [0.2, 0.25) is 0 Å². The lowest BCUT2D eigenvalue weighted by Gasteiger charge is -2.04. The number of hydrogen-bond acceptors (Lipinski definition) is 3. The number of rotatable bonds is 5. The van der Waals surface area contributed by atoms with Gasteiger partial charge in [0.05, 0.1) is 6.54 Å². The lowest BCUT2D eigenvalue weighted by atomic mass is 10.2. The molecule has 3 N–H and O–H groups in total. The number of benzene rings is 1. The van der Waals surface area contributed by atoms with E-state index < -0.39 is 0 Å². The van der Waals surface area contributed by atoms with E-state index in [4.69, 9.17) is 5.73 Å². The molecule has 0 atom stereocenters. The summed E-state index contributed by atoms with van der Waals surface area (Å²) in [7, 11) is 0. The molecule has 0 saturated carbocycles. The highest BCUT2D eigenvalue weighted by atomic mass is 32.2. The van der Waals surface area contributed by atoms with Gasteiger partial charge >= 0.3 is 0 Å². The molecule has 1 aromatic rings. The Kier molecular flexibility index (Phi) is 5.22. The molecule has 1 aromatic carbocycles. The summed E-state index contributed by atoms with van der Waals surface area (Å²) in [4.78, 5) is 11.6. The molecule has 0 spiro atoms. The molecular weight excluding hydrogens is 220 g/mol. The van der Waals surface area contributed by atoms with E-state index in [1.807, 2.05) is 18.2 Å². The van der Waals surface area contributed by atoms with Crippen LogP contribution in [0.25, 0.3) is 0 Å². The van der Waals surface area contributed by atoms with E-state index in [9.17, 15) is 4.79 Å². The lowest BCUT2D eigenvalue weighted by Crippen LogP contribution is -2.27. The molecule has 1 rings (SSSR count). The van der Waals surface area contributed by atoms with Crippen molar-refractivity contribution in [1.82, 2.24) is 5.32 Å². The zero-order valence-corrected chi connectivity index (χ0v) is 9.67. The van der Waals surface area contributed by atoms with Gasteiger partial charge in [0.2, 0.25) is 0 Å². The molecule has 4 heteroatoms. The normalized spacial score (nSPS) is 10.9. The van der Waals surface area contributed by atoms with Crippen LogP contribution in [0.5, 0.6) is 0 Å². The van der Waals surface area contributed by atoms with Gasteiger partial charge in [-0.25, -0.2) is 0 Å². The molecular formula is C12H14N2OS. The predicted molar refractivity (Wildman–Crippen MR) is 68.8 cm³/mol. The van der Waals surface area contributed by atoms with E-state index in [0.717, 1.165) is 0 Å². The molecule has 0 unspecified atom stereocenters. The summed E-state index contributed by atoms with van der Waals surface area (Å²) in [6.07, 6.45) is 0. The summed E-state index contributed by atoms with van der Waals surface area (Å²) in [5.74, 6) is -0.124. The summed E-state index contributed by atoms with van der Waals surface area (Å²) in [5, 5.41) is 6.15. The molecule has 0 heterocycles. The van der Waals surface area contributed by atoms with Gasteiger partial charge in [-0.15, -0.1) is 11.8 Å². The molecule has 0 aliphatic rings. The Hall–Kier alpha value is -1.68. The van der Waals surface area contributed by atoms with Crippen LogP contribution < -0.4 is 11.1 Å². The zero-order valence-electron chi connectivity index (χ0n) is 8.85. The van der Waals surface area contributed by atoms with Crippen molar-refractivity contribution in [3.63, 3.8) is 0 Å². The SMILES string of the molecule is C=CS/C=C(\N)CNC(=O)c1ccccc1. The average Bonchev–Trinajstić information content (AvgIpc) is 2.34. The Balaban J connectivity index is 2.45. The summed E-state index contributed by atoms with van der Waals surface area (Å²) in [5.41, 5.74) is 6.90. The first-order valence-corrected chi connectivity index (χ1v) is 5.72. The van der Waals surface area contributed by atoms with Crippen molar-refractivity contribution in [2.75, 3.05) is 6.54 Å². The highest BCUT2D eigenvalue weighted by molar-refractivity contribution is 8.04. The molecule has 1 amide bonds. The molecule has 0 aromatic heterocycles. The summed E-state index contributed by atoms with van der Waals surface area (Å²) >= 11 is 1.39. The highest BCUT2D eigenvalue weighted by Crippen LogP contribution is 2.03. The first-order chi connectivity index (χ1) is 7.74. The Morgan fingerprint density at radius 1 is 1.44 bits per heavy atom. The molecule has 0 saturated heterocycles. The van der Waals surface area contributed by atoms with Crippen molar-refractivity contribution in [2.45, 2.75) is 0 Å². The van der Waals surface area contributed by atoms with Gasteiger partial charge in [0.15, 0.2) is 0 Å². The van der Waals surface area contributed by atoms with Gasteiger partial charge in [-0.1, -0.05) is 24.8 Å². The van der Waals surface area contributed by atoms with Gasteiger partial charge in [-0.05, 0) is 22.9 Å². The van der Waals surface area contributed by atoms with Crippen LogP contribution in [-0.2, 0) is 0 Å². The molecule has 0 aliphatic carbocycles. The van der Waals surface area contributed by atoms with Crippen LogP contribution in [0.3, 0.4) is 0 Å². The van der Waals surface area contributed by atoms with Gasteiger partial charge in [0.25, 0.3) is 5.91 Å². The topological polar surface area (TPSA) is 55.1 Å². The fourth-order valence-electron chi connectivity index (χ4n) is 1.05. The summed E-state index contributed by atoms with van der Waals surface area (Å²) in [6, 6.07) is 9.02. The van der Waals surface area contributed by atoms with Crippen LogP contribution in [-0.4, -0.2) is 12.5 Å². The van der Waals surface area contributed by atoms with E-state index in [1.165, 1.54) is 11.8 Å². The van der Waals surface area contributed by atoms with E-state index in [-0.39, 0.29) is 5.91 Å². The minimum Gasteiger partial charge on any atom is -0.400 e. The van der Waals surface area contributed by atoms with Crippen molar-refractivity contribution in [1.29, 1.82) is 0 Å². The minimum absolute atomic E-state index is 0.124. The number of carbonyl (C=O) groups is 1. The number of nitrogens with one attached hydrogen (secondary N) is 1. The second-order valence-electron chi connectivity index (χ2n) is 3.04. The largest absolute Gasteiger partial charge is 0.400 e. The van der Waals surface area contributed by atoms with Crippen molar-refractivity contribution >= 4 is 17.7 Å². The van der Waals surface area contributed by atoms with Crippen LogP contribution in [0, 0.1) is 0 Å². The molecule has 3 nitrogen and oxygen atoms in total. The monoisotopic (exact) mass is 234 g/mol. The molecule has 0 bridgehead atoms. The number of amides is 1. The second-order valence-corrected chi connectivity index (χ2v) is 3.89. The maximum absolute atomic E-state index is 11.6. The third kappa shape index (κ3) is 4.23. The van der Waals surface area contributed by atoms with Crippen LogP contribution >= 0.6 is 11.8 Å². The maximum atomic E-state index is 11.6. The first kappa shape index (κ1) is 12.4. The van der Waals surface area contributed by atoms with Crippen LogP contribution in [0.1, 0.15) is 10.4 Å². The van der Waals surface area contributed by atoms with Crippen LogP contribution in [0.4, 0.5) is 0 Å². The summed E-state index contributed by atoms with van der Waals surface area (Å²) in [6.45, 7) is 3.89. The number of thioether (sulfide) groups is 1. The molecule has 0 aliphatic heterocycles. The predicted octanol–water partition coefficient (Wildman–Crippen LogP) is 2.09. The number of carbonyl (C=O) groups excluding carboxylic acids is 1. The average molecular weight is 234 g/mol. The van der Waals surface area contributed by atoms with Crippen molar-refractivity contribution < 1.29 is 4.79 Å². The van der Waals surface area contributed by atoms with Gasteiger partial charge in [-0.3, -0.25) is 4.79 Å². The fourth-order valence-corrected chi connectivity index (χ4v) is 1.41. The number of nitrogens with two attached hydrogens (primary N) is 1. The standard InChI is InChI=1S/C12H14N2OS/c1-2-16-9-11(13)8-14-12(15)10-6-4-3-5-7-10/h2-7,9H,1,8,13H2,(H,14,15)/b11-9-. The van der Waals surface area contributed by atoms with E-state index in [1.54, 1.807) is 22.9 Å². The van der Waals surface area contributed by atoms with E-state index in [2.05, 4.69) is 11.9 Å². The second kappa shape index (κ2) is 6.74. The first-order valence-electron chi connectivity index (χ1n) is 4.78. The quantitative estimate of drug-likeness (QED) is 0.820. The molecule has 84 valence electrons. The molecule has 0 fully saturated rings. The van der Waals surface area contributed by atoms with Crippen molar-refractivity contribution in [3.05, 3.63) is 59.0 Å². The Labute approximate surface area is 99.4 Å². The van der Waals surface area contributed by atoms with Gasteiger partial charge in [0.1, 0.15) is 0 Å². The van der Waals surface area contributed by atoms with E-state index >= 15 is 0 Å². The Bertz CT molecular complexity index is 387. The number of hydrogen-bond donors (Lipinski definition) is 2. The maximum Gasteiger partial charge on any atom is 0.251 e. The minimum atomic E-state index is -0.124. The third-order valence-electron chi connectivity index (χ3n) is 1.80. The van der Waals surface area contributed by atoms with Gasteiger partial charge in [0, 0.05) is 11.3 Å². The van der Waals surface area contributed by atoms with Gasteiger partial charge < -0.3 is 11.1 Å². The van der Waals surface area contributed by atoms with Crippen molar-refractivity contribution in [3.8, 4) is 0 Å². The van der Waals surface area contributed by atoms with Crippen molar-refractivity contribution in [2.24, 2.45) is 5.73 Å². The molecule has 0 radical (unpaired) electrons. The smallest absolute Gasteiger partial charge is 0.251 e. The van der Waals surface area contributed by atoms with E-state index in [0.29, 0.717) is 17.8 Å². The third-order valence-corrected chi connectivity index (χ3v) is 2.44. The fraction of sp³-hybridized carbons (Fsp3) is 0.0833. The van der Waals surface area contributed by atoms with Crippen LogP contribution in [0.15, 0.2) is 53.4 Å².